The topological polar surface area (TPSA) is 35.5 Å². The molecule has 0 atom stereocenters. The Hall–Kier alpha value is -1.36. The van der Waals surface area contributed by atoms with Crippen LogP contribution in [0.3, 0.4) is 0 Å². The highest BCUT2D eigenvalue weighted by Gasteiger charge is 2.15. The number of carbonyl (C=O) groups excluding carboxylic acids is 1. The van der Waals surface area contributed by atoms with Gasteiger partial charge in [0.05, 0.1) is 13.7 Å². The lowest BCUT2D eigenvalue weighted by Gasteiger charge is -2.09. The number of carbonyl (C=O) groups is 1. The molecule has 0 aromatic heterocycles. The fraction of sp³-hybridized carbons (Fsp3) is 0.308. The van der Waals surface area contributed by atoms with Crippen LogP contribution in [0, 0.1) is 0 Å². The molecule has 0 radical (unpaired) electrons. The maximum atomic E-state index is 13.1. The molecule has 5 heteroatoms. The molecule has 0 aliphatic rings. The van der Waals surface area contributed by atoms with Crippen molar-refractivity contribution in [3.63, 3.8) is 0 Å². The number of rotatable bonds is 5. The quantitative estimate of drug-likeness (QED) is 0.617. The number of esters is 1. The van der Waals surface area contributed by atoms with Crippen molar-refractivity contribution in [3.8, 4) is 5.75 Å². The maximum absolute atomic E-state index is 13.1. The third kappa shape index (κ3) is 3.57. The summed E-state index contributed by atoms with van der Waals surface area (Å²) >= 11 is 3.08. The second-order valence-electron chi connectivity index (χ2n) is 3.38. The number of alkyl halides is 1. The zero-order valence-corrected chi connectivity index (χ0v) is 11.8. The van der Waals surface area contributed by atoms with Crippen LogP contribution in [0.15, 0.2) is 28.7 Å². The van der Waals surface area contributed by atoms with E-state index in [4.69, 9.17) is 9.47 Å². The van der Waals surface area contributed by atoms with E-state index >= 15 is 0 Å². The van der Waals surface area contributed by atoms with E-state index in [1.54, 1.807) is 31.2 Å². The average Bonchev–Trinajstić information content (AvgIpc) is 2.40. The van der Waals surface area contributed by atoms with Crippen molar-refractivity contribution < 1.29 is 18.7 Å². The van der Waals surface area contributed by atoms with Crippen LogP contribution in [0.5, 0.6) is 5.75 Å². The Morgan fingerprint density at radius 2 is 2.17 bits per heavy atom. The highest BCUT2D eigenvalue weighted by molar-refractivity contribution is 9.12. The zero-order chi connectivity index (χ0) is 13.5. The molecule has 0 heterocycles. The van der Waals surface area contributed by atoms with Crippen LogP contribution in [0.4, 0.5) is 4.39 Å². The number of halogens is 2. The van der Waals surface area contributed by atoms with Gasteiger partial charge in [0.2, 0.25) is 0 Å². The van der Waals surface area contributed by atoms with Gasteiger partial charge in [-0.15, -0.1) is 0 Å². The van der Waals surface area contributed by atoms with Crippen molar-refractivity contribution in [2.24, 2.45) is 0 Å². The highest BCUT2D eigenvalue weighted by Crippen LogP contribution is 2.27. The summed E-state index contributed by atoms with van der Waals surface area (Å²) in [5, 5.41) is 0. The molecule has 1 rings (SSSR count). The third-order valence-corrected chi connectivity index (χ3v) is 3.07. The fourth-order valence-corrected chi connectivity index (χ4v) is 1.84. The lowest BCUT2D eigenvalue weighted by atomic mass is 10.1. The molecule has 0 saturated carbocycles. The number of ether oxygens (including phenoxy) is 2. The standard InChI is InChI=1S/C13H14BrFO3/c1-3-18-13(16)12(14)11(8-15)9-5-4-6-10(7-9)17-2/h4-7H,3,8H2,1-2H3/b12-11-. The predicted octanol–water partition coefficient (Wildman–Crippen LogP) is 3.33. The van der Waals surface area contributed by atoms with E-state index in [0.717, 1.165) is 0 Å². The van der Waals surface area contributed by atoms with E-state index in [9.17, 15) is 9.18 Å². The van der Waals surface area contributed by atoms with Gasteiger partial charge in [0, 0.05) is 5.57 Å². The first kappa shape index (κ1) is 14.7. The average molecular weight is 317 g/mol. The fourth-order valence-electron chi connectivity index (χ4n) is 1.39. The lowest BCUT2D eigenvalue weighted by molar-refractivity contribution is -0.137. The van der Waals surface area contributed by atoms with Crippen molar-refractivity contribution in [3.05, 3.63) is 34.3 Å². The number of methoxy groups -OCH3 is 1. The molecule has 0 fully saturated rings. The summed E-state index contributed by atoms with van der Waals surface area (Å²) in [5.74, 6) is 0.0237. The molecule has 0 N–H and O–H groups in total. The normalized spacial score (nSPS) is 11.8. The first-order valence-corrected chi connectivity index (χ1v) is 6.19. The van der Waals surface area contributed by atoms with Crippen LogP contribution in [0.25, 0.3) is 5.57 Å². The Morgan fingerprint density at radius 3 is 2.72 bits per heavy atom. The summed E-state index contributed by atoms with van der Waals surface area (Å²) in [6.45, 7) is 1.16. The van der Waals surface area contributed by atoms with Gasteiger partial charge < -0.3 is 9.47 Å². The van der Waals surface area contributed by atoms with Gasteiger partial charge in [-0.25, -0.2) is 9.18 Å². The number of benzene rings is 1. The van der Waals surface area contributed by atoms with E-state index in [1.165, 1.54) is 7.11 Å². The Bertz CT molecular complexity index is 457. The smallest absolute Gasteiger partial charge is 0.345 e. The van der Waals surface area contributed by atoms with Crippen LogP contribution < -0.4 is 4.74 Å². The minimum Gasteiger partial charge on any atom is -0.497 e. The third-order valence-electron chi connectivity index (χ3n) is 2.27. The van der Waals surface area contributed by atoms with Crippen molar-refractivity contribution in [2.45, 2.75) is 6.92 Å². The van der Waals surface area contributed by atoms with Crippen LogP contribution in [0.2, 0.25) is 0 Å². The van der Waals surface area contributed by atoms with Crippen LogP contribution >= 0.6 is 15.9 Å². The van der Waals surface area contributed by atoms with E-state index < -0.39 is 12.6 Å². The van der Waals surface area contributed by atoms with Crippen molar-refractivity contribution in [2.75, 3.05) is 20.4 Å². The lowest BCUT2D eigenvalue weighted by Crippen LogP contribution is -2.06. The Labute approximate surface area is 114 Å². The summed E-state index contributed by atoms with van der Waals surface area (Å²) < 4.78 is 23.1. The van der Waals surface area contributed by atoms with Crippen LogP contribution in [-0.4, -0.2) is 26.4 Å². The molecule has 0 amide bonds. The van der Waals surface area contributed by atoms with Crippen LogP contribution in [-0.2, 0) is 9.53 Å². The van der Waals surface area contributed by atoms with E-state index in [-0.39, 0.29) is 16.7 Å². The predicted molar refractivity (Wildman–Crippen MR) is 71.4 cm³/mol. The number of hydrogen-bond donors (Lipinski definition) is 0. The molecule has 0 aliphatic heterocycles. The van der Waals surface area contributed by atoms with Crippen molar-refractivity contribution >= 4 is 27.5 Å². The van der Waals surface area contributed by atoms with Gasteiger partial charge in [-0.2, -0.15) is 0 Å². The molecule has 0 saturated heterocycles. The van der Waals surface area contributed by atoms with Gasteiger partial charge in [-0.1, -0.05) is 12.1 Å². The molecule has 18 heavy (non-hydrogen) atoms. The molecular weight excluding hydrogens is 303 g/mol. The van der Waals surface area contributed by atoms with Crippen molar-refractivity contribution in [1.29, 1.82) is 0 Å². The minimum absolute atomic E-state index is 0.0973. The van der Waals surface area contributed by atoms with Gasteiger partial charge in [0.15, 0.2) is 0 Å². The maximum Gasteiger partial charge on any atom is 0.345 e. The van der Waals surface area contributed by atoms with E-state index in [0.29, 0.717) is 11.3 Å². The molecular formula is C13H14BrFO3. The highest BCUT2D eigenvalue weighted by atomic mass is 79.9. The molecule has 3 nitrogen and oxygen atoms in total. The van der Waals surface area contributed by atoms with Gasteiger partial charge in [0.25, 0.3) is 0 Å². The van der Waals surface area contributed by atoms with Gasteiger partial charge in [-0.3, -0.25) is 0 Å². The van der Waals surface area contributed by atoms with Crippen molar-refractivity contribution in [1.82, 2.24) is 0 Å². The second kappa shape index (κ2) is 7.16. The molecule has 0 bridgehead atoms. The Morgan fingerprint density at radius 1 is 1.44 bits per heavy atom. The summed E-state index contributed by atoms with van der Waals surface area (Å²) in [5.41, 5.74) is 0.823. The van der Waals surface area contributed by atoms with Gasteiger partial charge >= 0.3 is 5.97 Å². The minimum atomic E-state index is -0.771. The summed E-state index contributed by atoms with van der Waals surface area (Å²) in [4.78, 5) is 11.5. The Balaban J connectivity index is 3.15. The van der Waals surface area contributed by atoms with E-state index in [1.807, 2.05) is 0 Å². The second-order valence-corrected chi connectivity index (χ2v) is 4.17. The molecule has 0 aliphatic carbocycles. The first-order chi connectivity index (χ1) is 8.63. The summed E-state index contributed by atoms with van der Waals surface area (Å²) in [7, 11) is 1.53. The molecule has 1 aromatic rings. The molecule has 98 valence electrons. The van der Waals surface area contributed by atoms with Gasteiger partial charge in [-0.05, 0) is 40.5 Å². The largest absolute Gasteiger partial charge is 0.497 e. The zero-order valence-electron chi connectivity index (χ0n) is 10.2. The molecule has 0 spiro atoms. The Kier molecular flexibility index (Phi) is 5.85. The number of allylic oxidation sites excluding steroid dienone is 1. The molecule has 0 unspecified atom stereocenters. The van der Waals surface area contributed by atoms with E-state index in [2.05, 4.69) is 15.9 Å². The van der Waals surface area contributed by atoms with Crippen LogP contribution in [0.1, 0.15) is 12.5 Å². The summed E-state index contributed by atoms with van der Waals surface area (Å²) in [6.07, 6.45) is 0. The van der Waals surface area contributed by atoms with Gasteiger partial charge in [0.1, 0.15) is 16.9 Å². The SMILES string of the molecule is CCOC(=O)/C(Br)=C(\CF)c1cccc(OC)c1. The first-order valence-electron chi connectivity index (χ1n) is 5.40. The number of hydrogen-bond acceptors (Lipinski definition) is 3. The monoisotopic (exact) mass is 316 g/mol. The summed E-state index contributed by atoms with van der Waals surface area (Å²) in [6, 6.07) is 6.85. The molecule has 1 aromatic carbocycles.